The number of ketones is 1. The maximum atomic E-state index is 13.0. The van der Waals surface area contributed by atoms with Crippen LogP contribution in [0.5, 0.6) is 11.5 Å². The highest BCUT2D eigenvalue weighted by Gasteiger charge is 2.77. The summed E-state index contributed by atoms with van der Waals surface area (Å²) in [5.74, 6) is 0.867. The van der Waals surface area contributed by atoms with E-state index in [0.717, 1.165) is 55.3 Å². The lowest BCUT2D eigenvalue weighted by Crippen LogP contribution is -3.00. The number of unbranched alkanes of at least 4 members (excludes halogenated alkanes) is 1. The van der Waals surface area contributed by atoms with Crippen molar-refractivity contribution < 1.29 is 47.8 Å². The van der Waals surface area contributed by atoms with E-state index >= 15 is 0 Å². The first-order valence-electron chi connectivity index (χ1n) is 10.4. The van der Waals surface area contributed by atoms with Crippen molar-refractivity contribution >= 4 is 5.78 Å². The number of carbonyl (C=O) groups is 1. The quantitative estimate of drug-likeness (QED) is 0.352. The van der Waals surface area contributed by atoms with Crippen LogP contribution in [0.2, 0.25) is 0 Å². The molecule has 2 heterocycles. The molecule has 28 heavy (non-hydrogen) atoms. The van der Waals surface area contributed by atoms with Crippen LogP contribution in [0.3, 0.4) is 0 Å². The number of carbonyl (C=O) groups excluding carboxylic acids is 1. The van der Waals surface area contributed by atoms with Crippen molar-refractivity contribution in [3.05, 3.63) is 23.3 Å². The molecule has 154 valence electrons. The number of phenols is 1. The molecule has 2 unspecified atom stereocenters. The Bertz CT molecular complexity index is 825. The maximum Gasteiger partial charge on any atom is 0.174 e. The van der Waals surface area contributed by atoms with Gasteiger partial charge in [-0.25, -0.2) is 0 Å². The van der Waals surface area contributed by atoms with E-state index in [2.05, 4.69) is 21.0 Å². The minimum atomic E-state index is -0.516. The van der Waals surface area contributed by atoms with Crippen molar-refractivity contribution in [1.29, 1.82) is 0 Å². The second kappa shape index (κ2) is 6.57. The summed E-state index contributed by atoms with van der Waals surface area (Å²) in [7, 11) is 4.60. The third kappa shape index (κ3) is 2.28. The molecule has 1 saturated carbocycles. The van der Waals surface area contributed by atoms with Gasteiger partial charge in [0.1, 0.15) is 11.6 Å². The molecule has 1 spiro atoms. The molecule has 0 radical (unpaired) electrons. The maximum absolute atomic E-state index is 13.0. The molecular formula is C22H30INO4. The first kappa shape index (κ1) is 20.4. The largest absolute Gasteiger partial charge is 1.00 e. The Morgan fingerprint density at radius 2 is 2.11 bits per heavy atom. The van der Waals surface area contributed by atoms with Gasteiger partial charge >= 0.3 is 0 Å². The average Bonchev–Trinajstić information content (AvgIpc) is 3.00. The molecular weight excluding hydrogens is 469 g/mol. The molecule has 1 aromatic carbocycles. The Kier molecular flexibility index (Phi) is 4.79. The Balaban J connectivity index is 0.00000192. The summed E-state index contributed by atoms with van der Waals surface area (Å²) < 4.78 is 14.0. The molecule has 5 nitrogen and oxygen atoms in total. The SMILES string of the molecule is CCCCO[C@@]12CCC(=O)C3Oc4c(O)ccc5c4[C@@]31CC[N+](C)(C)C2C5.[I-]. The molecule has 1 N–H and O–H groups in total. The van der Waals surface area contributed by atoms with Gasteiger partial charge in [-0.1, -0.05) is 19.4 Å². The number of likely N-dealkylation sites (N-methyl/N-ethyl adjacent to an activating group) is 1. The minimum absolute atomic E-state index is 0. The molecule has 4 aliphatic rings. The number of likely N-dealkylation sites (tertiary alicyclic amines) is 1. The van der Waals surface area contributed by atoms with Gasteiger partial charge in [-0.05, 0) is 24.5 Å². The van der Waals surface area contributed by atoms with E-state index in [9.17, 15) is 9.90 Å². The van der Waals surface area contributed by atoms with E-state index in [0.29, 0.717) is 18.2 Å². The smallest absolute Gasteiger partial charge is 0.174 e. The number of halogens is 1. The number of Topliss-reactive ketones (excluding diaryl/α,β-unsaturated/α-hetero) is 1. The van der Waals surface area contributed by atoms with Crippen LogP contribution >= 0.6 is 0 Å². The molecule has 0 aromatic heterocycles. The number of ether oxygens (including phenoxy) is 2. The number of phenolic OH excluding ortho intramolecular Hbond substituents is 1. The third-order valence-corrected chi connectivity index (χ3v) is 7.88. The van der Waals surface area contributed by atoms with E-state index in [4.69, 9.17) is 9.47 Å². The molecule has 1 saturated heterocycles. The van der Waals surface area contributed by atoms with Gasteiger partial charge in [-0.2, -0.15) is 0 Å². The van der Waals surface area contributed by atoms with Crippen LogP contribution in [0.1, 0.15) is 50.2 Å². The Morgan fingerprint density at radius 3 is 2.86 bits per heavy atom. The fraction of sp³-hybridized carbons (Fsp3) is 0.682. The first-order chi connectivity index (χ1) is 12.9. The van der Waals surface area contributed by atoms with Crippen LogP contribution in [0.25, 0.3) is 0 Å². The van der Waals surface area contributed by atoms with Crippen LogP contribution in [-0.2, 0) is 21.4 Å². The second-order valence-corrected chi connectivity index (χ2v) is 9.45. The monoisotopic (exact) mass is 499 g/mol. The number of hydrogen-bond acceptors (Lipinski definition) is 4. The molecule has 4 atom stereocenters. The Hall–Kier alpha value is -0.860. The Morgan fingerprint density at radius 1 is 1.32 bits per heavy atom. The van der Waals surface area contributed by atoms with E-state index in [-0.39, 0.29) is 35.5 Å². The van der Waals surface area contributed by atoms with Crippen molar-refractivity contribution in [3.63, 3.8) is 0 Å². The molecule has 1 aromatic rings. The van der Waals surface area contributed by atoms with Gasteiger partial charge in [0, 0.05) is 31.4 Å². The molecule has 2 aliphatic carbocycles. The van der Waals surface area contributed by atoms with Gasteiger partial charge in [0.05, 0.1) is 26.1 Å². The fourth-order valence-corrected chi connectivity index (χ4v) is 6.61. The van der Waals surface area contributed by atoms with Gasteiger partial charge in [0.15, 0.2) is 23.4 Å². The highest BCUT2D eigenvalue weighted by atomic mass is 127. The van der Waals surface area contributed by atoms with Crippen molar-refractivity contribution in [1.82, 2.24) is 0 Å². The predicted molar refractivity (Wildman–Crippen MR) is 101 cm³/mol. The van der Waals surface area contributed by atoms with E-state index in [1.807, 2.05) is 6.07 Å². The molecule has 0 amide bonds. The number of rotatable bonds is 4. The van der Waals surface area contributed by atoms with E-state index in [1.54, 1.807) is 6.07 Å². The molecule has 2 bridgehead atoms. The summed E-state index contributed by atoms with van der Waals surface area (Å²) in [6.07, 6.45) is 4.63. The Labute approximate surface area is 184 Å². The summed E-state index contributed by atoms with van der Waals surface area (Å²) in [4.78, 5) is 13.0. The van der Waals surface area contributed by atoms with E-state index in [1.165, 1.54) is 5.56 Å². The van der Waals surface area contributed by atoms with Crippen molar-refractivity contribution in [3.8, 4) is 11.5 Å². The zero-order chi connectivity index (χ0) is 19.0. The lowest BCUT2D eigenvalue weighted by molar-refractivity contribution is -0.931. The van der Waals surface area contributed by atoms with E-state index < -0.39 is 17.1 Å². The zero-order valence-electron chi connectivity index (χ0n) is 17.0. The standard InChI is InChI=1S/C22H29NO4.HI/c1-4-5-12-26-22-9-8-16(25)20-21(22)10-11-23(2,3)17(22)13-14-6-7-15(24)19(27-20)18(14)21;/h6-7,17,20H,4-5,8-13H2,1-3H3;1H/t17?,20?,21-,22+;/m0./s1. The van der Waals surface area contributed by atoms with Crippen LogP contribution in [0.4, 0.5) is 0 Å². The summed E-state index contributed by atoms with van der Waals surface area (Å²) in [5, 5.41) is 10.5. The fourth-order valence-electron chi connectivity index (χ4n) is 6.61. The summed E-state index contributed by atoms with van der Waals surface area (Å²) >= 11 is 0. The van der Waals surface area contributed by atoms with Crippen molar-refractivity contribution in [2.45, 2.75) is 68.6 Å². The van der Waals surface area contributed by atoms with Crippen LogP contribution in [0, 0.1) is 0 Å². The normalized spacial score (nSPS) is 36.3. The zero-order valence-corrected chi connectivity index (χ0v) is 19.1. The molecule has 2 aliphatic heterocycles. The highest BCUT2D eigenvalue weighted by Crippen LogP contribution is 2.66. The van der Waals surface area contributed by atoms with Crippen LogP contribution in [0.15, 0.2) is 12.1 Å². The van der Waals surface area contributed by atoms with Gasteiger partial charge in [0.25, 0.3) is 0 Å². The molecule has 6 heteroatoms. The summed E-state index contributed by atoms with van der Waals surface area (Å²) in [5.41, 5.74) is 1.46. The van der Waals surface area contributed by atoms with Crippen LogP contribution in [-0.4, -0.2) is 60.4 Å². The van der Waals surface area contributed by atoms with Crippen molar-refractivity contribution in [2.24, 2.45) is 0 Å². The lowest BCUT2D eigenvalue weighted by Gasteiger charge is -2.65. The number of piperidine rings is 1. The minimum Gasteiger partial charge on any atom is -1.00 e. The van der Waals surface area contributed by atoms with Gasteiger partial charge in [-0.15, -0.1) is 0 Å². The third-order valence-electron chi connectivity index (χ3n) is 7.88. The van der Waals surface area contributed by atoms with Gasteiger partial charge in [0.2, 0.25) is 0 Å². The number of aromatic hydroxyl groups is 1. The molecule has 5 rings (SSSR count). The number of hydrogen-bond donors (Lipinski definition) is 1. The molecule has 2 fully saturated rings. The number of benzene rings is 1. The average molecular weight is 499 g/mol. The second-order valence-electron chi connectivity index (χ2n) is 9.45. The lowest BCUT2D eigenvalue weighted by atomic mass is 9.48. The number of nitrogens with zero attached hydrogens (tertiary/aromatic N) is 1. The van der Waals surface area contributed by atoms with Crippen LogP contribution < -0.4 is 28.7 Å². The summed E-state index contributed by atoms with van der Waals surface area (Å²) in [6.45, 7) is 3.89. The topological polar surface area (TPSA) is 55.8 Å². The first-order valence-corrected chi connectivity index (χ1v) is 10.4. The summed E-state index contributed by atoms with van der Waals surface area (Å²) in [6, 6.07) is 4.06. The highest BCUT2D eigenvalue weighted by molar-refractivity contribution is 5.90. The van der Waals surface area contributed by atoms with Crippen molar-refractivity contribution in [2.75, 3.05) is 27.2 Å². The van der Waals surface area contributed by atoms with Gasteiger partial charge in [-0.3, -0.25) is 4.79 Å². The number of quaternary nitrogens is 1. The predicted octanol–water partition coefficient (Wildman–Crippen LogP) is -0.282. The van der Waals surface area contributed by atoms with Gasteiger partial charge < -0.3 is 43.0 Å².